The Morgan fingerprint density at radius 2 is 1.78 bits per heavy atom. The standard InChI is InChI=1S/C12H22N2O4/c1-6-18-11(16)7-14(8(2)3)12(17)9(4)13-10(5)15/h8-9H,6-7H2,1-5H3,(H,13,15). The van der Waals surface area contributed by atoms with Crippen LogP contribution in [-0.4, -0.2) is 47.9 Å². The van der Waals surface area contributed by atoms with Gasteiger partial charge in [-0.15, -0.1) is 0 Å². The van der Waals surface area contributed by atoms with E-state index >= 15 is 0 Å². The highest BCUT2D eigenvalue weighted by Gasteiger charge is 2.25. The number of esters is 1. The number of hydrogen-bond acceptors (Lipinski definition) is 4. The van der Waals surface area contributed by atoms with Crippen molar-refractivity contribution in [3.63, 3.8) is 0 Å². The van der Waals surface area contributed by atoms with Gasteiger partial charge in [0.05, 0.1) is 6.61 Å². The lowest BCUT2D eigenvalue weighted by atomic mass is 10.2. The molecule has 1 atom stereocenters. The number of carbonyl (C=O) groups is 3. The van der Waals surface area contributed by atoms with Crippen LogP contribution in [0.4, 0.5) is 0 Å². The van der Waals surface area contributed by atoms with Crippen LogP contribution in [0.2, 0.25) is 0 Å². The fourth-order valence-corrected chi connectivity index (χ4v) is 1.48. The molecule has 1 N–H and O–H groups in total. The lowest BCUT2D eigenvalue weighted by molar-refractivity contribution is -0.150. The average molecular weight is 258 g/mol. The molecule has 18 heavy (non-hydrogen) atoms. The summed E-state index contributed by atoms with van der Waals surface area (Å²) in [5, 5.41) is 2.50. The molecular formula is C12H22N2O4. The van der Waals surface area contributed by atoms with Crippen molar-refractivity contribution >= 4 is 17.8 Å². The second kappa shape index (κ2) is 7.68. The van der Waals surface area contributed by atoms with Gasteiger partial charge < -0.3 is 15.0 Å². The molecule has 0 fully saturated rings. The summed E-state index contributed by atoms with van der Waals surface area (Å²) < 4.78 is 4.81. The fourth-order valence-electron chi connectivity index (χ4n) is 1.48. The van der Waals surface area contributed by atoms with Gasteiger partial charge >= 0.3 is 5.97 Å². The van der Waals surface area contributed by atoms with Gasteiger partial charge in [0, 0.05) is 13.0 Å². The molecule has 0 aliphatic heterocycles. The van der Waals surface area contributed by atoms with Crippen LogP contribution in [0.3, 0.4) is 0 Å². The summed E-state index contributed by atoms with van der Waals surface area (Å²) >= 11 is 0. The molecule has 0 aliphatic rings. The molecule has 0 aliphatic carbocycles. The second-order valence-corrected chi connectivity index (χ2v) is 4.29. The highest BCUT2D eigenvalue weighted by atomic mass is 16.5. The maximum absolute atomic E-state index is 12.1. The van der Waals surface area contributed by atoms with Crippen LogP contribution >= 0.6 is 0 Å². The first-order valence-electron chi connectivity index (χ1n) is 6.02. The van der Waals surface area contributed by atoms with E-state index in [1.54, 1.807) is 27.7 Å². The van der Waals surface area contributed by atoms with Crippen LogP contribution in [0.25, 0.3) is 0 Å². The molecule has 0 aromatic heterocycles. The Balaban J connectivity index is 4.63. The largest absolute Gasteiger partial charge is 0.465 e. The molecule has 104 valence electrons. The molecule has 0 aromatic rings. The predicted molar refractivity (Wildman–Crippen MR) is 66.8 cm³/mol. The van der Waals surface area contributed by atoms with Gasteiger partial charge in [0.2, 0.25) is 11.8 Å². The molecule has 6 heteroatoms. The van der Waals surface area contributed by atoms with Gasteiger partial charge in [-0.2, -0.15) is 0 Å². The van der Waals surface area contributed by atoms with Crippen molar-refractivity contribution in [2.45, 2.75) is 46.7 Å². The summed E-state index contributed by atoms with van der Waals surface area (Å²) in [4.78, 5) is 35.8. The van der Waals surface area contributed by atoms with E-state index in [-0.39, 0.29) is 31.0 Å². The molecule has 0 heterocycles. The first-order chi connectivity index (χ1) is 8.29. The zero-order valence-corrected chi connectivity index (χ0v) is 11.6. The number of hydrogen-bond donors (Lipinski definition) is 1. The van der Waals surface area contributed by atoms with Crippen LogP contribution in [0, 0.1) is 0 Å². The number of ether oxygens (including phenoxy) is 1. The first-order valence-corrected chi connectivity index (χ1v) is 6.02. The third-order valence-electron chi connectivity index (χ3n) is 2.30. The first kappa shape index (κ1) is 16.4. The van der Waals surface area contributed by atoms with E-state index in [4.69, 9.17) is 4.74 Å². The normalized spacial score (nSPS) is 11.9. The Kier molecular flexibility index (Phi) is 7.00. The summed E-state index contributed by atoms with van der Waals surface area (Å²) in [5.41, 5.74) is 0. The molecular weight excluding hydrogens is 236 g/mol. The minimum atomic E-state index is -0.653. The molecule has 0 saturated carbocycles. The Hall–Kier alpha value is -1.59. The zero-order chi connectivity index (χ0) is 14.3. The molecule has 6 nitrogen and oxygen atoms in total. The Morgan fingerprint density at radius 3 is 2.17 bits per heavy atom. The number of nitrogens with zero attached hydrogens (tertiary/aromatic N) is 1. The maximum atomic E-state index is 12.1. The molecule has 0 aromatic carbocycles. The number of carbonyl (C=O) groups excluding carboxylic acids is 3. The summed E-state index contributed by atoms with van der Waals surface area (Å²) in [6, 6.07) is -0.794. The molecule has 0 bridgehead atoms. The minimum Gasteiger partial charge on any atom is -0.465 e. The highest BCUT2D eigenvalue weighted by Crippen LogP contribution is 2.03. The van der Waals surface area contributed by atoms with Crippen LogP contribution < -0.4 is 5.32 Å². The minimum absolute atomic E-state index is 0.103. The Bertz CT molecular complexity index is 315. The lowest BCUT2D eigenvalue weighted by Crippen LogP contribution is -2.50. The molecule has 1 unspecified atom stereocenters. The van der Waals surface area contributed by atoms with Gasteiger partial charge in [-0.3, -0.25) is 14.4 Å². The van der Waals surface area contributed by atoms with E-state index in [0.717, 1.165) is 0 Å². The molecule has 0 spiro atoms. The summed E-state index contributed by atoms with van der Waals surface area (Å²) in [5.74, 6) is -1.03. The van der Waals surface area contributed by atoms with Crippen LogP contribution in [0.15, 0.2) is 0 Å². The van der Waals surface area contributed by atoms with Crippen molar-refractivity contribution < 1.29 is 19.1 Å². The van der Waals surface area contributed by atoms with Crippen LogP contribution in [-0.2, 0) is 19.1 Å². The Morgan fingerprint density at radius 1 is 1.22 bits per heavy atom. The smallest absolute Gasteiger partial charge is 0.325 e. The van der Waals surface area contributed by atoms with Gasteiger partial charge in [-0.25, -0.2) is 0 Å². The second-order valence-electron chi connectivity index (χ2n) is 4.29. The number of amides is 2. The van der Waals surface area contributed by atoms with E-state index in [1.165, 1.54) is 11.8 Å². The predicted octanol–water partition coefficient (Wildman–Crippen LogP) is 0.311. The van der Waals surface area contributed by atoms with E-state index in [0.29, 0.717) is 0 Å². The number of nitrogens with one attached hydrogen (secondary N) is 1. The molecule has 0 saturated heterocycles. The highest BCUT2D eigenvalue weighted by molar-refractivity contribution is 5.89. The van der Waals surface area contributed by atoms with Crippen LogP contribution in [0.5, 0.6) is 0 Å². The Labute approximate surface area is 108 Å². The van der Waals surface area contributed by atoms with Crippen molar-refractivity contribution in [3.8, 4) is 0 Å². The monoisotopic (exact) mass is 258 g/mol. The van der Waals surface area contributed by atoms with Gasteiger partial charge in [0.1, 0.15) is 12.6 Å². The molecule has 0 radical (unpaired) electrons. The van der Waals surface area contributed by atoms with E-state index in [1.807, 2.05) is 0 Å². The van der Waals surface area contributed by atoms with Crippen LogP contribution in [0.1, 0.15) is 34.6 Å². The van der Waals surface area contributed by atoms with Gasteiger partial charge in [0.15, 0.2) is 0 Å². The maximum Gasteiger partial charge on any atom is 0.325 e. The summed E-state index contributed by atoms with van der Waals surface area (Å²) in [6.07, 6.45) is 0. The third kappa shape index (κ3) is 5.65. The van der Waals surface area contributed by atoms with Gasteiger partial charge in [-0.05, 0) is 27.7 Å². The van der Waals surface area contributed by atoms with Gasteiger partial charge in [0.25, 0.3) is 0 Å². The SMILES string of the molecule is CCOC(=O)CN(C(=O)C(C)NC(C)=O)C(C)C. The van der Waals surface area contributed by atoms with E-state index in [2.05, 4.69) is 5.32 Å². The van der Waals surface area contributed by atoms with Crippen molar-refractivity contribution in [2.75, 3.05) is 13.2 Å². The number of rotatable bonds is 6. The zero-order valence-electron chi connectivity index (χ0n) is 11.6. The topological polar surface area (TPSA) is 75.7 Å². The quantitative estimate of drug-likeness (QED) is 0.696. The van der Waals surface area contributed by atoms with Crippen molar-refractivity contribution in [1.29, 1.82) is 0 Å². The van der Waals surface area contributed by atoms with E-state index in [9.17, 15) is 14.4 Å². The summed E-state index contributed by atoms with van der Waals surface area (Å²) in [6.45, 7) is 8.42. The lowest BCUT2D eigenvalue weighted by Gasteiger charge is -2.28. The fraction of sp³-hybridized carbons (Fsp3) is 0.750. The van der Waals surface area contributed by atoms with Gasteiger partial charge in [-0.1, -0.05) is 0 Å². The third-order valence-corrected chi connectivity index (χ3v) is 2.30. The average Bonchev–Trinajstić information content (AvgIpc) is 2.24. The van der Waals surface area contributed by atoms with Crippen molar-refractivity contribution in [3.05, 3.63) is 0 Å². The molecule has 0 rings (SSSR count). The van der Waals surface area contributed by atoms with Crippen molar-refractivity contribution in [2.24, 2.45) is 0 Å². The van der Waals surface area contributed by atoms with E-state index < -0.39 is 12.0 Å². The molecule has 2 amide bonds. The summed E-state index contributed by atoms with van der Waals surface area (Å²) in [7, 11) is 0. The van der Waals surface area contributed by atoms with Crippen molar-refractivity contribution in [1.82, 2.24) is 10.2 Å².